The molecule has 1 fully saturated rings. The monoisotopic (exact) mass is 262 g/mol. The topological polar surface area (TPSA) is 60.9 Å². The van der Waals surface area contributed by atoms with Crippen molar-refractivity contribution in [3.05, 3.63) is 35.4 Å². The third-order valence-corrected chi connectivity index (χ3v) is 3.46. The van der Waals surface area contributed by atoms with Crippen molar-refractivity contribution in [3.63, 3.8) is 0 Å². The lowest BCUT2D eigenvalue weighted by Crippen LogP contribution is -2.53. The van der Waals surface area contributed by atoms with Gasteiger partial charge in [0, 0.05) is 20.1 Å². The summed E-state index contributed by atoms with van der Waals surface area (Å²) < 4.78 is 0. The number of nitrogens with zero attached hydrogens (tertiary/aromatic N) is 2. The molecule has 1 aromatic rings. The molecule has 5 heteroatoms. The molecule has 1 unspecified atom stereocenters. The van der Waals surface area contributed by atoms with E-state index in [1.165, 1.54) is 9.80 Å². The Kier molecular flexibility index (Phi) is 3.85. The van der Waals surface area contributed by atoms with E-state index in [9.17, 15) is 14.7 Å². The minimum Gasteiger partial charge on any atom is -0.387 e. The number of rotatable bonds is 3. The van der Waals surface area contributed by atoms with E-state index >= 15 is 0 Å². The normalized spacial score (nSPS) is 17.8. The fourth-order valence-corrected chi connectivity index (χ4v) is 2.21. The predicted molar refractivity (Wildman–Crippen MR) is 70.4 cm³/mol. The van der Waals surface area contributed by atoms with Crippen LogP contribution in [0.1, 0.15) is 17.2 Å². The van der Waals surface area contributed by atoms with Crippen molar-refractivity contribution in [2.45, 2.75) is 13.0 Å². The van der Waals surface area contributed by atoms with E-state index in [-0.39, 0.29) is 6.54 Å². The molecule has 0 radical (unpaired) electrons. The Labute approximate surface area is 112 Å². The zero-order valence-electron chi connectivity index (χ0n) is 11.2. The van der Waals surface area contributed by atoms with Gasteiger partial charge < -0.3 is 14.9 Å². The first kappa shape index (κ1) is 13.5. The van der Waals surface area contributed by atoms with Crippen molar-refractivity contribution in [3.8, 4) is 0 Å². The molecule has 1 atom stereocenters. The maximum atomic E-state index is 11.8. The Hall–Kier alpha value is -1.88. The first-order valence-corrected chi connectivity index (χ1v) is 6.28. The average molecular weight is 262 g/mol. The molecule has 1 N–H and O–H groups in total. The molecular formula is C14H18N2O3. The third kappa shape index (κ3) is 2.76. The number of β-amino-alcohol motifs (C(OH)–C–C–N with tert-alkyl or cyclic N) is 1. The van der Waals surface area contributed by atoms with Gasteiger partial charge >= 0.3 is 11.8 Å². The standard InChI is InChI=1S/C14H18N2O3/c1-10-5-3-4-6-11(10)12(17)9-16-8-7-15(2)13(18)14(16)19/h3-6,12,17H,7-9H2,1-2H3. The zero-order valence-corrected chi connectivity index (χ0v) is 11.2. The van der Waals surface area contributed by atoms with E-state index in [2.05, 4.69) is 0 Å². The number of likely N-dealkylation sites (N-methyl/N-ethyl adjacent to an activating group) is 1. The third-order valence-electron chi connectivity index (χ3n) is 3.46. The van der Waals surface area contributed by atoms with Crippen LogP contribution in [0.15, 0.2) is 24.3 Å². The SMILES string of the molecule is Cc1ccccc1C(O)CN1CCN(C)C(=O)C1=O. The van der Waals surface area contributed by atoms with Gasteiger partial charge in [0.25, 0.3) is 0 Å². The maximum absolute atomic E-state index is 11.8. The fraction of sp³-hybridized carbons (Fsp3) is 0.429. The molecule has 5 nitrogen and oxygen atoms in total. The van der Waals surface area contributed by atoms with Crippen LogP contribution in [0.25, 0.3) is 0 Å². The lowest BCUT2D eigenvalue weighted by atomic mass is 10.0. The molecule has 2 rings (SSSR count). The van der Waals surface area contributed by atoms with Gasteiger partial charge in [0.2, 0.25) is 0 Å². The van der Waals surface area contributed by atoms with Crippen LogP contribution in [-0.4, -0.2) is 53.4 Å². The highest BCUT2D eigenvalue weighted by molar-refractivity contribution is 6.35. The van der Waals surface area contributed by atoms with Crippen molar-refractivity contribution in [1.82, 2.24) is 9.80 Å². The first-order valence-electron chi connectivity index (χ1n) is 6.28. The number of piperazine rings is 1. The van der Waals surface area contributed by atoms with Gasteiger partial charge in [-0.05, 0) is 18.1 Å². The van der Waals surface area contributed by atoms with Crippen LogP contribution in [0.5, 0.6) is 0 Å². The summed E-state index contributed by atoms with van der Waals surface area (Å²) in [6.07, 6.45) is -0.763. The highest BCUT2D eigenvalue weighted by Crippen LogP contribution is 2.19. The maximum Gasteiger partial charge on any atom is 0.312 e. The summed E-state index contributed by atoms with van der Waals surface area (Å²) >= 11 is 0. The van der Waals surface area contributed by atoms with Crippen LogP contribution in [0.3, 0.4) is 0 Å². The van der Waals surface area contributed by atoms with E-state index in [0.717, 1.165) is 11.1 Å². The van der Waals surface area contributed by atoms with E-state index < -0.39 is 17.9 Å². The van der Waals surface area contributed by atoms with E-state index in [4.69, 9.17) is 0 Å². The zero-order chi connectivity index (χ0) is 14.0. The van der Waals surface area contributed by atoms with Gasteiger partial charge in [-0.2, -0.15) is 0 Å². The number of hydrogen-bond acceptors (Lipinski definition) is 3. The minimum atomic E-state index is -0.763. The summed E-state index contributed by atoms with van der Waals surface area (Å²) in [5.74, 6) is -1.05. The first-order chi connectivity index (χ1) is 9.00. The highest BCUT2D eigenvalue weighted by Gasteiger charge is 2.31. The lowest BCUT2D eigenvalue weighted by Gasteiger charge is -2.32. The Morgan fingerprint density at radius 3 is 2.58 bits per heavy atom. The van der Waals surface area contributed by atoms with Gasteiger partial charge in [0.15, 0.2) is 0 Å². The van der Waals surface area contributed by atoms with Crippen molar-refractivity contribution in [2.75, 3.05) is 26.7 Å². The molecule has 1 heterocycles. The molecule has 0 aromatic heterocycles. The Bertz CT molecular complexity index is 501. The second kappa shape index (κ2) is 5.40. The molecule has 1 aliphatic heterocycles. The number of aryl methyl sites for hydroxylation is 1. The molecule has 0 bridgehead atoms. The predicted octanol–water partition coefficient (Wildman–Crippen LogP) is 0.329. The van der Waals surface area contributed by atoms with Crippen molar-refractivity contribution >= 4 is 11.8 Å². The van der Waals surface area contributed by atoms with Gasteiger partial charge in [0.05, 0.1) is 12.6 Å². The summed E-state index contributed by atoms with van der Waals surface area (Å²) in [6.45, 7) is 3.04. The molecule has 0 spiro atoms. The van der Waals surface area contributed by atoms with Crippen molar-refractivity contribution < 1.29 is 14.7 Å². The summed E-state index contributed by atoms with van der Waals surface area (Å²) in [4.78, 5) is 26.2. The summed E-state index contributed by atoms with van der Waals surface area (Å²) in [7, 11) is 1.61. The van der Waals surface area contributed by atoms with Crippen LogP contribution in [0.4, 0.5) is 0 Å². The molecule has 1 aliphatic rings. The quantitative estimate of drug-likeness (QED) is 0.799. The number of benzene rings is 1. The molecule has 1 saturated heterocycles. The van der Waals surface area contributed by atoms with E-state index in [1.807, 2.05) is 31.2 Å². The average Bonchev–Trinajstić information content (AvgIpc) is 2.40. The van der Waals surface area contributed by atoms with E-state index in [0.29, 0.717) is 13.1 Å². The molecule has 0 saturated carbocycles. The molecule has 0 aliphatic carbocycles. The summed E-state index contributed by atoms with van der Waals surface area (Å²) in [5.41, 5.74) is 1.77. The molecule has 19 heavy (non-hydrogen) atoms. The number of hydrogen-bond donors (Lipinski definition) is 1. The fourth-order valence-electron chi connectivity index (χ4n) is 2.21. The van der Waals surface area contributed by atoms with E-state index in [1.54, 1.807) is 7.05 Å². The highest BCUT2D eigenvalue weighted by atomic mass is 16.3. The van der Waals surface area contributed by atoms with Gasteiger partial charge in [-0.1, -0.05) is 24.3 Å². The molecule has 102 valence electrons. The lowest BCUT2D eigenvalue weighted by molar-refractivity contribution is -0.155. The van der Waals surface area contributed by atoms with Crippen LogP contribution < -0.4 is 0 Å². The summed E-state index contributed by atoms with van der Waals surface area (Å²) in [6, 6.07) is 7.50. The number of aliphatic hydroxyl groups excluding tert-OH is 1. The Morgan fingerprint density at radius 2 is 1.89 bits per heavy atom. The largest absolute Gasteiger partial charge is 0.387 e. The number of carbonyl (C=O) groups is 2. The van der Waals surface area contributed by atoms with Crippen LogP contribution in [-0.2, 0) is 9.59 Å². The van der Waals surface area contributed by atoms with Crippen LogP contribution in [0, 0.1) is 6.92 Å². The molecule has 1 aromatic carbocycles. The molecular weight excluding hydrogens is 244 g/mol. The second-order valence-corrected chi connectivity index (χ2v) is 4.85. The smallest absolute Gasteiger partial charge is 0.312 e. The van der Waals surface area contributed by atoms with Crippen molar-refractivity contribution in [2.24, 2.45) is 0 Å². The van der Waals surface area contributed by atoms with Gasteiger partial charge in [-0.3, -0.25) is 9.59 Å². The van der Waals surface area contributed by atoms with Gasteiger partial charge in [0.1, 0.15) is 0 Å². The van der Waals surface area contributed by atoms with Gasteiger partial charge in [-0.15, -0.1) is 0 Å². The Morgan fingerprint density at radius 1 is 1.21 bits per heavy atom. The minimum absolute atomic E-state index is 0.156. The number of aliphatic hydroxyl groups is 1. The molecule has 2 amide bonds. The Balaban J connectivity index is 2.07. The van der Waals surface area contributed by atoms with Crippen LogP contribution >= 0.6 is 0 Å². The van der Waals surface area contributed by atoms with Gasteiger partial charge in [-0.25, -0.2) is 0 Å². The second-order valence-electron chi connectivity index (χ2n) is 4.85. The van der Waals surface area contributed by atoms with Crippen molar-refractivity contribution in [1.29, 1.82) is 0 Å². The number of carbonyl (C=O) groups excluding carboxylic acids is 2. The number of amides is 2. The summed E-state index contributed by atoms with van der Waals surface area (Å²) in [5, 5.41) is 10.2. The van der Waals surface area contributed by atoms with Crippen LogP contribution in [0.2, 0.25) is 0 Å².